The van der Waals surface area contributed by atoms with Gasteiger partial charge < -0.3 is 5.32 Å². The molecule has 0 saturated carbocycles. The molecular formula is C14H15BrF2N2O2. The molecule has 1 saturated heterocycles. The first-order valence-electron chi connectivity index (χ1n) is 6.62. The van der Waals surface area contributed by atoms with Crippen LogP contribution in [0.25, 0.3) is 0 Å². The van der Waals surface area contributed by atoms with Gasteiger partial charge in [-0.2, -0.15) is 0 Å². The molecule has 1 heterocycles. The summed E-state index contributed by atoms with van der Waals surface area (Å²) in [5, 5.41) is 2.69. The SMILES string of the molecule is CCC1(CC)NC(=O)CN(c2cc(Br)c(F)cc2F)C1=O. The van der Waals surface area contributed by atoms with Gasteiger partial charge >= 0.3 is 0 Å². The predicted octanol–water partition coefficient (Wildman–Crippen LogP) is 2.75. The molecule has 0 aromatic heterocycles. The van der Waals surface area contributed by atoms with E-state index in [1.54, 1.807) is 13.8 Å². The zero-order valence-corrected chi connectivity index (χ0v) is 13.3. The third kappa shape index (κ3) is 2.66. The van der Waals surface area contributed by atoms with E-state index in [9.17, 15) is 18.4 Å². The Morgan fingerprint density at radius 2 is 1.86 bits per heavy atom. The Labute approximate surface area is 129 Å². The molecule has 1 N–H and O–H groups in total. The maximum atomic E-state index is 14.0. The minimum Gasteiger partial charge on any atom is -0.340 e. The van der Waals surface area contributed by atoms with Crippen LogP contribution in [0.4, 0.5) is 14.5 Å². The molecule has 2 rings (SSSR count). The second-order valence-corrected chi connectivity index (χ2v) is 5.80. The lowest BCUT2D eigenvalue weighted by Gasteiger charge is -2.41. The molecule has 21 heavy (non-hydrogen) atoms. The van der Waals surface area contributed by atoms with E-state index >= 15 is 0 Å². The van der Waals surface area contributed by atoms with Gasteiger partial charge in [0.1, 0.15) is 23.7 Å². The highest BCUT2D eigenvalue weighted by atomic mass is 79.9. The lowest BCUT2D eigenvalue weighted by molar-refractivity contribution is -0.136. The van der Waals surface area contributed by atoms with Crippen LogP contribution in [0.5, 0.6) is 0 Å². The third-order valence-corrected chi connectivity index (χ3v) is 4.43. The standard InChI is InChI=1S/C14H15BrF2N2O2/c1-3-14(4-2)13(21)19(7-12(20)18-14)11-5-8(15)9(16)6-10(11)17/h5-6H,3-4,7H2,1-2H3,(H,18,20). The van der Waals surface area contributed by atoms with Gasteiger partial charge in [0.15, 0.2) is 0 Å². The number of piperazine rings is 1. The van der Waals surface area contributed by atoms with E-state index in [4.69, 9.17) is 0 Å². The van der Waals surface area contributed by atoms with E-state index in [1.165, 1.54) is 6.07 Å². The smallest absolute Gasteiger partial charge is 0.253 e. The van der Waals surface area contributed by atoms with Crippen molar-refractivity contribution in [3.8, 4) is 0 Å². The molecule has 0 spiro atoms. The maximum Gasteiger partial charge on any atom is 0.253 e. The molecule has 1 fully saturated rings. The molecule has 1 aromatic rings. The summed E-state index contributed by atoms with van der Waals surface area (Å²) < 4.78 is 27.3. The van der Waals surface area contributed by atoms with Gasteiger partial charge in [-0.25, -0.2) is 8.78 Å². The van der Waals surface area contributed by atoms with Crippen molar-refractivity contribution >= 4 is 33.4 Å². The average molecular weight is 361 g/mol. The fourth-order valence-corrected chi connectivity index (χ4v) is 2.81. The van der Waals surface area contributed by atoms with Crippen molar-refractivity contribution in [2.24, 2.45) is 0 Å². The van der Waals surface area contributed by atoms with Crippen molar-refractivity contribution in [2.75, 3.05) is 11.4 Å². The fraction of sp³-hybridized carbons (Fsp3) is 0.429. The van der Waals surface area contributed by atoms with Crippen LogP contribution in [0.3, 0.4) is 0 Å². The zero-order valence-electron chi connectivity index (χ0n) is 11.7. The Morgan fingerprint density at radius 1 is 1.24 bits per heavy atom. The predicted molar refractivity (Wildman–Crippen MR) is 77.9 cm³/mol. The number of rotatable bonds is 3. The van der Waals surface area contributed by atoms with E-state index in [2.05, 4.69) is 21.2 Å². The largest absolute Gasteiger partial charge is 0.340 e. The summed E-state index contributed by atoms with van der Waals surface area (Å²) in [5.74, 6) is -2.38. The van der Waals surface area contributed by atoms with Gasteiger partial charge in [-0.15, -0.1) is 0 Å². The summed E-state index contributed by atoms with van der Waals surface area (Å²) in [6.07, 6.45) is 0.795. The number of amides is 2. The number of anilines is 1. The number of carbonyl (C=O) groups excluding carboxylic acids is 2. The van der Waals surface area contributed by atoms with Crippen LogP contribution in [0, 0.1) is 11.6 Å². The highest BCUT2D eigenvalue weighted by Crippen LogP contribution is 2.31. The first-order valence-corrected chi connectivity index (χ1v) is 7.41. The van der Waals surface area contributed by atoms with Crippen molar-refractivity contribution in [1.82, 2.24) is 5.32 Å². The fourth-order valence-electron chi connectivity index (χ4n) is 2.48. The molecule has 1 aromatic carbocycles. The van der Waals surface area contributed by atoms with E-state index in [0.717, 1.165) is 4.90 Å². The molecule has 114 valence electrons. The lowest BCUT2D eigenvalue weighted by atomic mass is 9.88. The summed E-state index contributed by atoms with van der Waals surface area (Å²) in [4.78, 5) is 25.6. The molecule has 0 radical (unpaired) electrons. The first-order chi connectivity index (χ1) is 9.84. The Hall–Kier alpha value is -1.50. The minimum absolute atomic E-state index is 0.0382. The highest BCUT2D eigenvalue weighted by Gasteiger charge is 2.45. The second kappa shape index (κ2) is 5.71. The quantitative estimate of drug-likeness (QED) is 0.842. The van der Waals surface area contributed by atoms with Crippen molar-refractivity contribution in [2.45, 2.75) is 32.2 Å². The minimum atomic E-state index is -1.04. The average Bonchev–Trinajstić information content (AvgIpc) is 2.45. The zero-order chi connectivity index (χ0) is 15.8. The molecule has 7 heteroatoms. The van der Waals surface area contributed by atoms with Crippen LogP contribution in [0.2, 0.25) is 0 Å². The first kappa shape index (κ1) is 15.9. The number of benzene rings is 1. The third-order valence-electron chi connectivity index (χ3n) is 3.82. The van der Waals surface area contributed by atoms with Gasteiger partial charge in [0, 0.05) is 6.07 Å². The normalized spacial score (nSPS) is 17.9. The van der Waals surface area contributed by atoms with Gasteiger partial charge in [-0.05, 0) is 34.8 Å². The van der Waals surface area contributed by atoms with Gasteiger partial charge in [-0.1, -0.05) is 13.8 Å². The van der Waals surface area contributed by atoms with Crippen LogP contribution < -0.4 is 10.2 Å². The monoisotopic (exact) mass is 360 g/mol. The van der Waals surface area contributed by atoms with Gasteiger partial charge in [0.05, 0.1) is 10.2 Å². The Balaban J connectivity index is 2.50. The van der Waals surface area contributed by atoms with Crippen molar-refractivity contribution in [1.29, 1.82) is 0 Å². The summed E-state index contributed by atoms with van der Waals surface area (Å²) in [6.45, 7) is 3.28. The molecule has 1 aliphatic rings. The summed E-state index contributed by atoms with van der Waals surface area (Å²) >= 11 is 2.96. The Bertz CT molecular complexity index is 603. The van der Waals surface area contributed by atoms with Gasteiger partial charge in [0.2, 0.25) is 5.91 Å². The molecule has 0 unspecified atom stereocenters. The van der Waals surface area contributed by atoms with Gasteiger partial charge in [0.25, 0.3) is 5.91 Å². The van der Waals surface area contributed by atoms with Crippen LogP contribution in [0.1, 0.15) is 26.7 Å². The number of nitrogens with one attached hydrogen (secondary N) is 1. The summed E-state index contributed by atoms with van der Waals surface area (Å²) in [7, 11) is 0. The highest BCUT2D eigenvalue weighted by molar-refractivity contribution is 9.10. The maximum absolute atomic E-state index is 14.0. The molecule has 0 aliphatic carbocycles. The van der Waals surface area contributed by atoms with E-state index < -0.39 is 17.2 Å². The molecule has 1 aliphatic heterocycles. The number of hydrogen-bond donors (Lipinski definition) is 1. The molecule has 4 nitrogen and oxygen atoms in total. The number of nitrogens with zero attached hydrogens (tertiary/aromatic N) is 1. The molecule has 2 amide bonds. The van der Waals surface area contributed by atoms with Gasteiger partial charge in [-0.3, -0.25) is 14.5 Å². The molecule has 0 bridgehead atoms. The number of halogens is 3. The van der Waals surface area contributed by atoms with E-state index in [0.29, 0.717) is 18.9 Å². The number of carbonyl (C=O) groups is 2. The lowest BCUT2D eigenvalue weighted by Crippen LogP contribution is -2.66. The number of hydrogen-bond acceptors (Lipinski definition) is 2. The molecule has 0 atom stereocenters. The van der Waals surface area contributed by atoms with Crippen LogP contribution >= 0.6 is 15.9 Å². The van der Waals surface area contributed by atoms with Crippen LogP contribution in [-0.4, -0.2) is 23.9 Å². The second-order valence-electron chi connectivity index (χ2n) is 4.95. The van der Waals surface area contributed by atoms with Crippen molar-refractivity contribution in [3.05, 3.63) is 28.2 Å². The Morgan fingerprint density at radius 3 is 2.43 bits per heavy atom. The van der Waals surface area contributed by atoms with E-state index in [-0.39, 0.29) is 28.5 Å². The van der Waals surface area contributed by atoms with Crippen LogP contribution in [-0.2, 0) is 9.59 Å². The summed E-state index contributed by atoms with van der Waals surface area (Å²) in [5.41, 5.74) is -1.14. The van der Waals surface area contributed by atoms with Crippen LogP contribution in [0.15, 0.2) is 16.6 Å². The van der Waals surface area contributed by atoms with E-state index in [1.807, 2.05) is 0 Å². The van der Waals surface area contributed by atoms with Crippen molar-refractivity contribution < 1.29 is 18.4 Å². The Kier molecular flexibility index (Phi) is 4.32. The summed E-state index contributed by atoms with van der Waals surface area (Å²) in [6, 6.07) is 1.87. The van der Waals surface area contributed by atoms with Crippen molar-refractivity contribution in [3.63, 3.8) is 0 Å². The molecular weight excluding hydrogens is 346 g/mol. The topological polar surface area (TPSA) is 49.4 Å².